The summed E-state index contributed by atoms with van der Waals surface area (Å²) in [5.41, 5.74) is 1.09. The molecule has 1 aliphatic rings. The van der Waals surface area contributed by atoms with Gasteiger partial charge in [0.2, 0.25) is 0 Å². The van der Waals surface area contributed by atoms with E-state index in [1.165, 1.54) is 48.0 Å². The van der Waals surface area contributed by atoms with E-state index >= 15 is 0 Å². The Balaban J connectivity index is 1.56. The molecule has 0 unspecified atom stereocenters. The van der Waals surface area contributed by atoms with Crippen LogP contribution in [0.5, 0.6) is 17.2 Å². The summed E-state index contributed by atoms with van der Waals surface area (Å²) in [7, 11) is 2.99. The largest absolute Gasteiger partial charge is 0.497 e. The third-order valence-corrected chi connectivity index (χ3v) is 6.21. The number of rotatable bonds is 6. The van der Waals surface area contributed by atoms with E-state index in [0.717, 1.165) is 0 Å². The molecule has 9 heteroatoms. The van der Waals surface area contributed by atoms with E-state index in [1.54, 1.807) is 55.7 Å². The van der Waals surface area contributed by atoms with Crippen LogP contribution >= 0.6 is 24.0 Å². The maximum atomic E-state index is 13.9. The molecule has 3 aromatic rings. The van der Waals surface area contributed by atoms with Crippen LogP contribution in [0.25, 0.3) is 6.08 Å². The topological polar surface area (TPSA) is 65.1 Å². The van der Waals surface area contributed by atoms with Gasteiger partial charge in [0, 0.05) is 0 Å². The fourth-order valence-electron chi connectivity index (χ4n) is 3.21. The van der Waals surface area contributed by atoms with Gasteiger partial charge in [-0.05, 0) is 60.2 Å². The fourth-order valence-corrected chi connectivity index (χ4v) is 4.51. The van der Waals surface area contributed by atoms with Gasteiger partial charge in [-0.15, -0.1) is 0 Å². The van der Waals surface area contributed by atoms with Gasteiger partial charge in [-0.25, -0.2) is 9.18 Å². The predicted octanol–water partition coefficient (Wildman–Crippen LogP) is 5.47. The van der Waals surface area contributed by atoms with Crippen LogP contribution in [-0.2, 0) is 4.79 Å². The van der Waals surface area contributed by atoms with Crippen molar-refractivity contribution < 1.29 is 28.2 Å². The molecule has 0 saturated carbocycles. The van der Waals surface area contributed by atoms with Gasteiger partial charge in [0.15, 0.2) is 15.8 Å². The van der Waals surface area contributed by atoms with Crippen molar-refractivity contribution >= 4 is 51.9 Å². The van der Waals surface area contributed by atoms with E-state index in [-0.39, 0.29) is 23.0 Å². The van der Waals surface area contributed by atoms with Crippen molar-refractivity contribution in [2.45, 2.75) is 0 Å². The van der Waals surface area contributed by atoms with Crippen molar-refractivity contribution in [3.63, 3.8) is 0 Å². The molecule has 0 bridgehead atoms. The van der Waals surface area contributed by atoms with Gasteiger partial charge in [0.1, 0.15) is 11.6 Å². The lowest BCUT2D eigenvalue weighted by Gasteiger charge is -2.14. The summed E-state index contributed by atoms with van der Waals surface area (Å²) in [4.78, 5) is 27.2. The Morgan fingerprint density at radius 1 is 1.00 bits per heavy atom. The standard InChI is InChI=1S/C25H18FNO5S2/c1-30-17-10-8-16(9-11-17)27-23(28)22(34-25(27)33)14-15-7-12-20(21(13-15)31-2)32-24(29)18-5-3-4-6-19(18)26/h3-14H,1-2H3/b22-14-. The smallest absolute Gasteiger partial charge is 0.346 e. The van der Waals surface area contributed by atoms with E-state index in [1.807, 2.05) is 0 Å². The average molecular weight is 496 g/mol. The number of thioether (sulfide) groups is 1. The summed E-state index contributed by atoms with van der Waals surface area (Å²) in [6.07, 6.45) is 1.67. The molecule has 0 atom stereocenters. The van der Waals surface area contributed by atoms with Crippen LogP contribution in [0.1, 0.15) is 15.9 Å². The number of thiocarbonyl (C=S) groups is 1. The number of amides is 1. The van der Waals surface area contributed by atoms with Gasteiger partial charge in [-0.1, -0.05) is 42.2 Å². The van der Waals surface area contributed by atoms with Crippen LogP contribution in [0.4, 0.5) is 10.1 Å². The summed E-state index contributed by atoms with van der Waals surface area (Å²) < 4.78 is 30.1. The first-order valence-electron chi connectivity index (χ1n) is 9.98. The highest BCUT2D eigenvalue weighted by atomic mass is 32.2. The van der Waals surface area contributed by atoms with Crippen molar-refractivity contribution in [3.05, 3.63) is 88.6 Å². The zero-order valence-corrected chi connectivity index (χ0v) is 19.7. The molecule has 6 nitrogen and oxygen atoms in total. The second-order valence-corrected chi connectivity index (χ2v) is 8.67. The van der Waals surface area contributed by atoms with Crippen LogP contribution in [0.3, 0.4) is 0 Å². The monoisotopic (exact) mass is 495 g/mol. The molecule has 4 rings (SSSR count). The van der Waals surface area contributed by atoms with Gasteiger partial charge in [0.05, 0.1) is 30.4 Å². The number of hydrogen-bond donors (Lipinski definition) is 0. The third kappa shape index (κ3) is 4.80. The minimum atomic E-state index is -0.843. The van der Waals surface area contributed by atoms with Crippen LogP contribution in [0, 0.1) is 5.82 Å². The number of carbonyl (C=O) groups excluding carboxylic acids is 2. The molecule has 1 amide bonds. The van der Waals surface area contributed by atoms with Gasteiger partial charge in [-0.2, -0.15) is 0 Å². The van der Waals surface area contributed by atoms with Gasteiger partial charge in [-0.3, -0.25) is 9.69 Å². The van der Waals surface area contributed by atoms with Gasteiger partial charge in [0.25, 0.3) is 5.91 Å². The van der Waals surface area contributed by atoms with Crippen LogP contribution < -0.4 is 19.1 Å². The molecular weight excluding hydrogens is 477 g/mol. The number of carbonyl (C=O) groups is 2. The first kappa shape index (κ1) is 23.5. The highest BCUT2D eigenvalue weighted by Gasteiger charge is 2.33. The molecular formula is C25H18FNO5S2. The van der Waals surface area contributed by atoms with Crippen molar-refractivity contribution in [3.8, 4) is 17.2 Å². The summed E-state index contributed by atoms with van der Waals surface area (Å²) in [6, 6.07) is 17.4. The van der Waals surface area contributed by atoms with E-state index in [0.29, 0.717) is 26.2 Å². The lowest BCUT2D eigenvalue weighted by molar-refractivity contribution is -0.113. The molecule has 0 spiro atoms. The number of hydrogen-bond acceptors (Lipinski definition) is 7. The van der Waals surface area contributed by atoms with Crippen molar-refractivity contribution in [1.82, 2.24) is 0 Å². The Bertz CT molecular complexity index is 1310. The molecule has 1 saturated heterocycles. The molecule has 0 aromatic heterocycles. The Hall–Kier alpha value is -3.69. The molecule has 1 heterocycles. The highest BCUT2D eigenvalue weighted by Crippen LogP contribution is 2.37. The SMILES string of the molecule is COc1ccc(N2C(=O)/C(=C/c3ccc(OC(=O)c4ccccc4F)c(OC)c3)SC2=S)cc1. The molecule has 1 aliphatic heterocycles. The highest BCUT2D eigenvalue weighted by molar-refractivity contribution is 8.27. The van der Waals surface area contributed by atoms with Crippen molar-refractivity contribution in [2.24, 2.45) is 0 Å². The second-order valence-electron chi connectivity index (χ2n) is 6.99. The maximum absolute atomic E-state index is 13.9. The lowest BCUT2D eigenvalue weighted by Crippen LogP contribution is -2.27. The van der Waals surface area contributed by atoms with E-state index in [4.69, 9.17) is 26.4 Å². The number of benzene rings is 3. The lowest BCUT2D eigenvalue weighted by atomic mass is 10.1. The minimum absolute atomic E-state index is 0.124. The predicted molar refractivity (Wildman–Crippen MR) is 133 cm³/mol. The van der Waals surface area contributed by atoms with Crippen LogP contribution in [0.2, 0.25) is 0 Å². The molecule has 3 aromatic carbocycles. The van der Waals surface area contributed by atoms with Crippen molar-refractivity contribution in [2.75, 3.05) is 19.1 Å². The zero-order chi connectivity index (χ0) is 24.2. The number of nitrogens with zero attached hydrogens (tertiary/aromatic N) is 1. The Labute approximate surface area is 204 Å². The second kappa shape index (κ2) is 10.1. The molecule has 34 heavy (non-hydrogen) atoms. The Morgan fingerprint density at radius 3 is 2.41 bits per heavy atom. The zero-order valence-electron chi connectivity index (χ0n) is 18.1. The summed E-state index contributed by atoms with van der Waals surface area (Å²) >= 11 is 6.59. The number of anilines is 1. The molecule has 0 N–H and O–H groups in total. The Kier molecular flexibility index (Phi) is 6.95. The number of methoxy groups -OCH3 is 2. The van der Waals surface area contributed by atoms with E-state index in [2.05, 4.69) is 0 Å². The Morgan fingerprint density at radius 2 is 1.74 bits per heavy atom. The summed E-state index contributed by atoms with van der Waals surface area (Å²) in [5, 5.41) is 0. The van der Waals surface area contributed by atoms with Gasteiger partial charge < -0.3 is 14.2 Å². The number of halogens is 1. The summed E-state index contributed by atoms with van der Waals surface area (Å²) in [6.45, 7) is 0. The average Bonchev–Trinajstić information content (AvgIpc) is 3.12. The molecule has 172 valence electrons. The molecule has 1 fully saturated rings. The maximum Gasteiger partial charge on any atom is 0.346 e. The van der Waals surface area contributed by atoms with Crippen LogP contribution in [0.15, 0.2) is 71.6 Å². The quantitative estimate of drug-likeness (QED) is 0.195. The van der Waals surface area contributed by atoms with Crippen molar-refractivity contribution in [1.29, 1.82) is 0 Å². The first-order chi connectivity index (χ1) is 16.4. The first-order valence-corrected chi connectivity index (χ1v) is 11.2. The summed E-state index contributed by atoms with van der Waals surface area (Å²) in [5.74, 6) is -0.726. The number of esters is 1. The van der Waals surface area contributed by atoms with Gasteiger partial charge >= 0.3 is 5.97 Å². The fraction of sp³-hybridized carbons (Fsp3) is 0.0800. The number of ether oxygens (including phenoxy) is 3. The van der Waals surface area contributed by atoms with E-state index < -0.39 is 11.8 Å². The normalized spacial score (nSPS) is 14.4. The molecule has 0 aliphatic carbocycles. The molecule has 0 radical (unpaired) electrons. The van der Waals surface area contributed by atoms with Crippen LogP contribution in [-0.4, -0.2) is 30.4 Å². The minimum Gasteiger partial charge on any atom is -0.497 e. The third-order valence-electron chi connectivity index (χ3n) is 4.91. The van der Waals surface area contributed by atoms with E-state index in [9.17, 15) is 14.0 Å².